The van der Waals surface area contributed by atoms with E-state index in [0.29, 0.717) is 5.56 Å². The predicted octanol–water partition coefficient (Wildman–Crippen LogP) is 5.75. The van der Waals surface area contributed by atoms with Crippen LogP contribution in [0, 0.1) is 13.8 Å². The topological polar surface area (TPSA) is 71.4 Å². The van der Waals surface area contributed by atoms with Gasteiger partial charge in [-0.3, -0.25) is 4.98 Å². The van der Waals surface area contributed by atoms with E-state index >= 15 is 0 Å². The summed E-state index contributed by atoms with van der Waals surface area (Å²) < 4.78 is 7.14. The van der Waals surface area contributed by atoms with Crippen molar-refractivity contribution >= 4 is 29.0 Å². The Kier molecular flexibility index (Phi) is 7.93. The van der Waals surface area contributed by atoms with E-state index in [0.717, 1.165) is 53.1 Å². The van der Waals surface area contributed by atoms with Crippen molar-refractivity contribution in [3.63, 3.8) is 0 Å². The maximum absolute atomic E-state index is 12.2. The van der Waals surface area contributed by atoms with Crippen molar-refractivity contribution in [3.05, 3.63) is 113 Å². The van der Waals surface area contributed by atoms with Gasteiger partial charge in [-0.25, -0.2) is 4.79 Å². The van der Waals surface area contributed by atoms with Crippen molar-refractivity contribution in [2.75, 3.05) is 25.5 Å². The molecule has 2 aromatic heterocycles. The molecule has 5 rings (SSSR count). The van der Waals surface area contributed by atoms with Crippen LogP contribution in [0.3, 0.4) is 0 Å². The summed E-state index contributed by atoms with van der Waals surface area (Å²) >= 11 is 5.88. The van der Waals surface area contributed by atoms with E-state index in [1.54, 1.807) is 6.07 Å². The predicted molar refractivity (Wildman–Crippen MR) is 158 cm³/mol. The third kappa shape index (κ3) is 5.52. The number of rotatable bonds is 9. The summed E-state index contributed by atoms with van der Waals surface area (Å²) in [4.78, 5) is 19.2. The molecule has 0 radical (unpaired) electrons. The number of ether oxygens (including phenoxy) is 1. The zero-order valence-electron chi connectivity index (χ0n) is 22.4. The van der Waals surface area contributed by atoms with Crippen molar-refractivity contribution in [2.24, 2.45) is 0 Å². The molecule has 0 bridgehead atoms. The summed E-state index contributed by atoms with van der Waals surface area (Å²) in [6.45, 7) is 5.84. The Morgan fingerprint density at radius 3 is 2.59 bits per heavy atom. The minimum Gasteiger partial charge on any atom is -0.465 e. The maximum Gasteiger partial charge on any atom is 0.337 e. The number of aromatic nitrogens is 2. The van der Waals surface area contributed by atoms with Crippen LogP contribution in [0.25, 0.3) is 5.69 Å². The Morgan fingerprint density at radius 2 is 1.85 bits per heavy atom. The van der Waals surface area contributed by atoms with E-state index in [9.17, 15) is 4.79 Å². The second-order valence-corrected chi connectivity index (χ2v) is 10.1. The summed E-state index contributed by atoms with van der Waals surface area (Å²) in [5, 5.41) is 7.79. The van der Waals surface area contributed by atoms with Crippen molar-refractivity contribution < 1.29 is 9.53 Å². The molecule has 2 aromatic carbocycles. The molecule has 0 saturated carbocycles. The zero-order valence-corrected chi connectivity index (χ0v) is 23.2. The number of hydrogen-bond donors (Lipinski definition) is 2. The van der Waals surface area contributed by atoms with Gasteiger partial charge >= 0.3 is 5.97 Å². The number of hydrogen-bond acceptors (Lipinski definition) is 5. The number of methoxy groups -OCH3 is 1. The molecule has 4 aromatic rings. The Hall–Kier alpha value is -4.17. The number of benzene rings is 2. The van der Waals surface area contributed by atoms with E-state index in [-0.39, 0.29) is 18.1 Å². The average molecular weight is 540 g/mol. The van der Waals surface area contributed by atoms with Crippen LogP contribution >= 0.6 is 12.2 Å². The molecule has 7 nitrogen and oxygen atoms in total. The SMILES string of the molecule is COC(=O)c1cccc(-n2c(C)cc([C@H]3[C@H](c4ccccn4)NC(=S)N3CCCNc3ccccc3)c2C)c1. The van der Waals surface area contributed by atoms with Crippen LogP contribution in [0.5, 0.6) is 0 Å². The monoisotopic (exact) mass is 539 g/mol. The van der Waals surface area contributed by atoms with Crippen LogP contribution < -0.4 is 10.6 Å². The fourth-order valence-electron chi connectivity index (χ4n) is 5.40. The normalized spacial score (nSPS) is 16.7. The Balaban J connectivity index is 1.47. The molecule has 0 spiro atoms. The van der Waals surface area contributed by atoms with Crippen LogP contribution in [0.4, 0.5) is 5.69 Å². The smallest absolute Gasteiger partial charge is 0.337 e. The third-order valence-electron chi connectivity index (χ3n) is 7.19. The van der Waals surface area contributed by atoms with Gasteiger partial charge in [-0.2, -0.15) is 0 Å². The molecule has 200 valence electrons. The van der Waals surface area contributed by atoms with E-state index in [4.69, 9.17) is 17.0 Å². The van der Waals surface area contributed by atoms with Gasteiger partial charge < -0.3 is 24.8 Å². The summed E-state index contributed by atoms with van der Waals surface area (Å²) in [6, 6.07) is 25.9. The van der Waals surface area contributed by atoms with Crippen LogP contribution in [0.15, 0.2) is 85.1 Å². The highest BCUT2D eigenvalue weighted by molar-refractivity contribution is 7.80. The lowest BCUT2D eigenvalue weighted by Gasteiger charge is -2.28. The number of anilines is 1. The van der Waals surface area contributed by atoms with Gasteiger partial charge in [0.25, 0.3) is 0 Å². The molecule has 3 heterocycles. The highest BCUT2D eigenvalue weighted by Gasteiger charge is 2.41. The molecule has 1 aliphatic rings. The summed E-state index contributed by atoms with van der Waals surface area (Å²) in [7, 11) is 1.40. The van der Waals surface area contributed by atoms with E-state index in [1.165, 1.54) is 12.7 Å². The Bertz CT molecular complexity index is 1450. The van der Waals surface area contributed by atoms with Gasteiger partial charge in [0.1, 0.15) is 0 Å². The molecule has 1 aliphatic heterocycles. The maximum atomic E-state index is 12.2. The van der Waals surface area contributed by atoms with E-state index in [1.807, 2.05) is 60.8 Å². The van der Waals surface area contributed by atoms with Crippen molar-refractivity contribution in [3.8, 4) is 5.69 Å². The quantitative estimate of drug-likeness (QED) is 0.159. The van der Waals surface area contributed by atoms with E-state index in [2.05, 4.69) is 57.1 Å². The largest absolute Gasteiger partial charge is 0.465 e. The Labute approximate surface area is 234 Å². The lowest BCUT2D eigenvalue weighted by atomic mass is 9.96. The van der Waals surface area contributed by atoms with Gasteiger partial charge in [-0.15, -0.1) is 0 Å². The third-order valence-corrected chi connectivity index (χ3v) is 7.54. The number of nitrogens with one attached hydrogen (secondary N) is 2. The number of nitrogens with zero attached hydrogens (tertiary/aromatic N) is 3. The Morgan fingerprint density at radius 1 is 1.05 bits per heavy atom. The number of esters is 1. The lowest BCUT2D eigenvalue weighted by Crippen LogP contribution is -2.31. The van der Waals surface area contributed by atoms with Crippen LogP contribution in [-0.2, 0) is 4.74 Å². The first-order chi connectivity index (χ1) is 19.0. The molecule has 0 unspecified atom stereocenters. The first-order valence-electron chi connectivity index (χ1n) is 13.1. The first kappa shape index (κ1) is 26.4. The number of carbonyl (C=O) groups excluding carboxylic acids is 1. The van der Waals surface area contributed by atoms with Gasteiger partial charge in [0, 0.05) is 42.0 Å². The first-order valence-corrected chi connectivity index (χ1v) is 13.5. The average Bonchev–Trinajstić information content (AvgIpc) is 3.45. The molecule has 2 N–H and O–H groups in total. The summed E-state index contributed by atoms with van der Waals surface area (Å²) in [6.07, 6.45) is 2.74. The van der Waals surface area contributed by atoms with Crippen LogP contribution in [0.2, 0.25) is 0 Å². The van der Waals surface area contributed by atoms with Gasteiger partial charge in [0.05, 0.1) is 30.5 Å². The molecule has 39 heavy (non-hydrogen) atoms. The minimum absolute atomic E-state index is 0.0344. The second kappa shape index (κ2) is 11.7. The van der Waals surface area contributed by atoms with E-state index < -0.39 is 0 Å². The highest BCUT2D eigenvalue weighted by Crippen LogP contribution is 2.41. The lowest BCUT2D eigenvalue weighted by molar-refractivity contribution is 0.0600. The molecule has 2 atom stereocenters. The van der Waals surface area contributed by atoms with Gasteiger partial charge in [0.2, 0.25) is 0 Å². The summed E-state index contributed by atoms with van der Waals surface area (Å²) in [5.41, 5.74) is 6.85. The fourth-order valence-corrected chi connectivity index (χ4v) is 5.73. The zero-order chi connectivity index (χ0) is 27.4. The van der Waals surface area contributed by atoms with Gasteiger partial charge in [0.15, 0.2) is 5.11 Å². The second-order valence-electron chi connectivity index (χ2n) is 9.67. The van der Waals surface area contributed by atoms with Gasteiger partial charge in [-0.05, 0) is 86.6 Å². The van der Waals surface area contributed by atoms with Gasteiger partial charge in [-0.1, -0.05) is 30.3 Å². The van der Waals surface area contributed by atoms with Crippen LogP contribution in [0.1, 0.15) is 51.5 Å². The highest BCUT2D eigenvalue weighted by atomic mass is 32.1. The summed E-state index contributed by atoms with van der Waals surface area (Å²) in [5.74, 6) is -0.351. The number of thiocarbonyl (C=S) groups is 1. The van der Waals surface area contributed by atoms with Crippen molar-refractivity contribution in [1.29, 1.82) is 0 Å². The van der Waals surface area contributed by atoms with Crippen LogP contribution in [-0.4, -0.2) is 45.7 Å². The minimum atomic E-state index is -0.351. The fraction of sp³-hybridized carbons (Fsp3) is 0.258. The number of aryl methyl sites for hydroxylation is 1. The molecule has 0 aliphatic carbocycles. The molecule has 1 saturated heterocycles. The number of carbonyl (C=O) groups is 1. The molecule has 8 heteroatoms. The number of pyridine rings is 1. The molecular weight excluding hydrogens is 506 g/mol. The van der Waals surface area contributed by atoms with Crippen molar-refractivity contribution in [2.45, 2.75) is 32.4 Å². The molecule has 1 fully saturated rings. The molecular formula is C31H33N5O2S. The van der Waals surface area contributed by atoms with Crippen molar-refractivity contribution in [1.82, 2.24) is 19.8 Å². The number of para-hydroxylation sites is 1. The molecule has 0 amide bonds. The standard InChI is InChI=1S/C31H33N5O2S/c1-21-19-26(22(2)36(21)25-14-9-11-23(20-25)30(37)38-3)29-28(27-15-7-8-16-33-27)34-31(39)35(29)18-10-17-32-24-12-5-4-6-13-24/h4-9,11-16,19-20,28-29,32H,10,17-18H2,1-3H3,(H,34,39)/t28-,29-/m0/s1.